The van der Waals surface area contributed by atoms with Gasteiger partial charge in [0.25, 0.3) is 5.91 Å². The molecule has 7 nitrogen and oxygen atoms in total. The third kappa shape index (κ3) is 5.06. The van der Waals surface area contributed by atoms with Gasteiger partial charge in [0.05, 0.1) is 23.5 Å². The van der Waals surface area contributed by atoms with Gasteiger partial charge < -0.3 is 15.2 Å². The van der Waals surface area contributed by atoms with Crippen LogP contribution >= 0.6 is 11.6 Å². The number of ether oxygens (including phenoxy) is 1. The number of carbonyl (C=O) groups is 1. The first kappa shape index (κ1) is 21.1. The van der Waals surface area contributed by atoms with Crippen LogP contribution in [0.2, 0.25) is 5.02 Å². The summed E-state index contributed by atoms with van der Waals surface area (Å²) >= 11 is 6.14. The van der Waals surface area contributed by atoms with Crippen LogP contribution in [-0.2, 0) is 4.79 Å². The second-order valence-corrected chi connectivity index (χ2v) is 7.48. The van der Waals surface area contributed by atoms with E-state index in [2.05, 4.69) is 16.9 Å². The summed E-state index contributed by atoms with van der Waals surface area (Å²) in [5.74, 6) is 6.40. The Bertz CT molecular complexity index is 886. The van der Waals surface area contributed by atoms with Crippen LogP contribution in [0.25, 0.3) is 0 Å². The quantitative estimate of drug-likeness (QED) is 0.503. The molecule has 0 radical (unpaired) electrons. The molecule has 154 valence electrons. The van der Waals surface area contributed by atoms with Gasteiger partial charge >= 0.3 is 0 Å². The first-order chi connectivity index (χ1) is 13.9. The van der Waals surface area contributed by atoms with E-state index >= 15 is 0 Å². The van der Waals surface area contributed by atoms with E-state index in [1.807, 2.05) is 6.92 Å². The number of benzene rings is 1. The van der Waals surface area contributed by atoms with Crippen molar-refractivity contribution in [3.8, 4) is 5.75 Å². The van der Waals surface area contributed by atoms with Crippen LogP contribution in [0.15, 0.2) is 59.0 Å². The lowest BCUT2D eigenvalue weighted by molar-refractivity contribution is -0.112. The van der Waals surface area contributed by atoms with Gasteiger partial charge in [0.15, 0.2) is 5.82 Å². The summed E-state index contributed by atoms with van der Waals surface area (Å²) in [4.78, 5) is 17.1. The maximum Gasteiger partial charge on any atom is 0.259 e. The minimum atomic E-state index is -0.427. The molecule has 1 heterocycles. The zero-order valence-corrected chi connectivity index (χ0v) is 17.0. The Morgan fingerprint density at radius 1 is 1.41 bits per heavy atom. The average molecular weight is 417 g/mol. The molecule has 1 aliphatic heterocycles. The molecule has 0 spiro atoms. The van der Waals surface area contributed by atoms with Crippen LogP contribution in [0.5, 0.6) is 5.75 Å². The molecule has 1 saturated carbocycles. The Labute approximate surface area is 175 Å². The van der Waals surface area contributed by atoms with E-state index in [4.69, 9.17) is 22.2 Å². The van der Waals surface area contributed by atoms with E-state index < -0.39 is 5.91 Å². The Kier molecular flexibility index (Phi) is 6.74. The number of anilines is 1. The van der Waals surface area contributed by atoms with Gasteiger partial charge in [0.1, 0.15) is 5.75 Å². The highest BCUT2D eigenvalue weighted by molar-refractivity contribution is 6.31. The van der Waals surface area contributed by atoms with Crippen molar-refractivity contribution < 1.29 is 14.6 Å². The Morgan fingerprint density at radius 3 is 2.83 bits per heavy atom. The molecule has 1 fully saturated rings. The fraction of sp³-hybridized carbons (Fsp3) is 0.333. The number of nitrogens with zero attached hydrogens (tertiary/aromatic N) is 2. The molecular weight excluding hydrogens is 392 g/mol. The van der Waals surface area contributed by atoms with Crippen LogP contribution in [-0.4, -0.2) is 34.4 Å². The molecule has 0 aromatic heterocycles. The highest BCUT2D eigenvalue weighted by atomic mass is 35.5. The molecule has 1 amide bonds. The number of nitrogens with one attached hydrogen (secondary N) is 1. The molecular formula is C21H25ClN4O3. The fourth-order valence-corrected chi connectivity index (χ4v) is 3.42. The molecule has 29 heavy (non-hydrogen) atoms. The van der Waals surface area contributed by atoms with Crippen molar-refractivity contribution in [1.82, 2.24) is 5.01 Å². The van der Waals surface area contributed by atoms with Crippen molar-refractivity contribution in [3.05, 3.63) is 59.0 Å². The van der Waals surface area contributed by atoms with Crippen LogP contribution < -0.4 is 15.9 Å². The second kappa shape index (κ2) is 9.26. The number of aliphatic hydroxyl groups is 1. The summed E-state index contributed by atoms with van der Waals surface area (Å²) in [7, 11) is 0. The van der Waals surface area contributed by atoms with Crippen LogP contribution in [0, 0.1) is 0 Å². The highest BCUT2D eigenvalue weighted by Gasteiger charge is 2.23. The first-order valence-corrected chi connectivity index (χ1v) is 9.85. The lowest BCUT2D eigenvalue weighted by atomic mass is 9.95. The van der Waals surface area contributed by atoms with Crippen molar-refractivity contribution in [3.63, 3.8) is 0 Å². The molecule has 0 unspecified atom stereocenters. The average Bonchev–Trinajstić information content (AvgIpc) is 2.69. The first-order valence-electron chi connectivity index (χ1n) is 9.47. The Hall–Kier alpha value is -2.61. The van der Waals surface area contributed by atoms with Crippen molar-refractivity contribution >= 4 is 29.4 Å². The van der Waals surface area contributed by atoms with Gasteiger partial charge in [-0.25, -0.2) is 10.8 Å². The topological polar surface area (TPSA) is 100 Å². The van der Waals surface area contributed by atoms with Crippen molar-refractivity contribution in [2.75, 3.05) is 5.32 Å². The number of amides is 1. The Balaban J connectivity index is 1.82. The molecule has 0 atom stereocenters. The third-order valence-electron chi connectivity index (χ3n) is 4.94. The summed E-state index contributed by atoms with van der Waals surface area (Å²) in [5.41, 5.74) is 1.42. The van der Waals surface area contributed by atoms with E-state index in [1.54, 1.807) is 30.5 Å². The smallest absolute Gasteiger partial charge is 0.259 e. The molecule has 4 N–H and O–H groups in total. The van der Waals surface area contributed by atoms with Gasteiger partial charge in [-0.15, -0.1) is 0 Å². The van der Waals surface area contributed by atoms with E-state index in [-0.39, 0.29) is 17.8 Å². The second-order valence-electron chi connectivity index (χ2n) is 7.04. The standard InChI is InChI=1S/C21H25ClN4O3/c1-3-17(20-24-11-10-13(2)26(20)23)21(28)25-18-12-14(22)4-9-19(18)29-16-7-5-15(27)6-8-16/h3-4,9-12,15-16,27H,1,5-8,23H2,2H3,(H,25,28)/b20-17+. The van der Waals surface area contributed by atoms with Gasteiger partial charge in [-0.1, -0.05) is 24.3 Å². The van der Waals surface area contributed by atoms with Gasteiger partial charge in [0, 0.05) is 16.9 Å². The van der Waals surface area contributed by atoms with Crippen LogP contribution in [0.1, 0.15) is 32.6 Å². The number of aliphatic hydroxyl groups excluding tert-OH is 1. The number of rotatable bonds is 5. The lowest BCUT2D eigenvalue weighted by Gasteiger charge is -2.27. The minimum absolute atomic E-state index is 0.0253. The van der Waals surface area contributed by atoms with Crippen LogP contribution in [0.3, 0.4) is 0 Å². The number of hydrazine groups is 1. The number of allylic oxidation sites excluding steroid dienone is 2. The molecule has 1 aromatic rings. The normalized spacial score (nSPS) is 23.3. The molecule has 8 heteroatoms. The maximum atomic E-state index is 12.9. The van der Waals surface area contributed by atoms with E-state index in [0.29, 0.717) is 35.1 Å². The van der Waals surface area contributed by atoms with Crippen molar-refractivity contribution in [2.24, 2.45) is 10.8 Å². The zero-order chi connectivity index (χ0) is 21.0. The summed E-state index contributed by atoms with van der Waals surface area (Å²) in [5, 5.41) is 14.3. The fourth-order valence-electron chi connectivity index (χ4n) is 3.25. The molecule has 1 aromatic carbocycles. The third-order valence-corrected chi connectivity index (χ3v) is 5.17. The number of hydrogen-bond acceptors (Lipinski definition) is 6. The number of carbonyl (C=O) groups excluding carboxylic acids is 1. The van der Waals surface area contributed by atoms with E-state index in [1.165, 1.54) is 11.1 Å². The largest absolute Gasteiger partial charge is 0.488 e. The molecule has 3 rings (SSSR count). The molecule has 0 bridgehead atoms. The number of nitrogens with two attached hydrogens (primary N) is 1. The van der Waals surface area contributed by atoms with Gasteiger partial charge in [0.2, 0.25) is 0 Å². The Morgan fingerprint density at radius 2 is 2.14 bits per heavy atom. The molecule has 2 aliphatic rings. The zero-order valence-electron chi connectivity index (χ0n) is 16.3. The summed E-state index contributed by atoms with van der Waals surface area (Å²) in [6.07, 6.45) is 7.34. The van der Waals surface area contributed by atoms with E-state index in [0.717, 1.165) is 18.5 Å². The maximum absolute atomic E-state index is 12.9. The lowest BCUT2D eigenvalue weighted by Crippen LogP contribution is -2.32. The van der Waals surface area contributed by atoms with Gasteiger partial charge in [-0.3, -0.25) is 9.80 Å². The number of halogens is 1. The minimum Gasteiger partial charge on any atom is -0.488 e. The van der Waals surface area contributed by atoms with Crippen molar-refractivity contribution in [1.29, 1.82) is 0 Å². The van der Waals surface area contributed by atoms with Crippen molar-refractivity contribution in [2.45, 2.75) is 44.8 Å². The van der Waals surface area contributed by atoms with Crippen LogP contribution in [0.4, 0.5) is 5.69 Å². The number of hydrogen-bond donors (Lipinski definition) is 3. The van der Waals surface area contributed by atoms with Gasteiger partial charge in [-0.2, -0.15) is 0 Å². The predicted octanol–water partition coefficient (Wildman–Crippen LogP) is 3.52. The SMILES string of the molecule is C=C/C(C(=O)Nc1cc(Cl)ccc1OC1CCC(O)CC1)=C1/N=CC=C(C)N1N. The summed E-state index contributed by atoms with van der Waals surface area (Å²) in [6.45, 7) is 5.54. The summed E-state index contributed by atoms with van der Waals surface area (Å²) < 4.78 is 6.09. The predicted molar refractivity (Wildman–Crippen MR) is 114 cm³/mol. The highest BCUT2D eigenvalue weighted by Crippen LogP contribution is 2.32. The molecule has 0 saturated heterocycles. The van der Waals surface area contributed by atoms with Gasteiger partial charge in [-0.05, 0) is 56.9 Å². The monoisotopic (exact) mass is 416 g/mol. The summed E-state index contributed by atoms with van der Waals surface area (Å²) in [6, 6.07) is 5.07. The number of aliphatic imine (C=N–C) groups is 1. The molecule has 1 aliphatic carbocycles. The van der Waals surface area contributed by atoms with E-state index in [9.17, 15) is 9.90 Å².